The van der Waals surface area contributed by atoms with Crippen LogP contribution in [-0.4, -0.2) is 49.3 Å². The summed E-state index contributed by atoms with van der Waals surface area (Å²) in [6.45, 7) is 2.46. The average Bonchev–Trinajstić information content (AvgIpc) is 2.47. The summed E-state index contributed by atoms with van der Waals surface area (Å²) in [7, 11) is -1.84. The van der Waals surface area contributed by atoms with E-state index in [0.717, 1.165) is 0 Å². The fraction of sp³-hybridized carbons (Fsp3) is 0.875. The van der Waals surface area contributed by atoms with E-state index in [9.17, 15) is 8.42 Å². The van der Waals surface area contributed by atoms with E-state index < -0.39 is 10.0 Å². The van der Waals surface area contributed by atoms with Crippen molar-refractivity contribution in [3.8, 4) is 0 Å². The highest BCUT2D eigenvalue weighted by Gasteiger charge is 2.34. The largest absolute Gasteiger partial charge is 0.392 e. The lowest BCUT2D eigenvalue weighted by Crippen LogP contribution is -2.43. The van der Waals surface area contributed by atoms with Gasteiger partial charge in [-0.1, -0.05) is 12.2 Å². The SMILES string of the molecule is CC1OCCC1N(C)S(=O)(=O)CC(N)=S. The summed E-state index contributed by atoms with van der Waals surface area (Å²) in [5.74, 6) is -0.276. The van der Waals surface area contributed by atoms with Crippen LogP contribution in [-0.2, 0) is 14.8 Å². The van der Waals surface area contributed by atoms with E-state index in [1.54, 1.807) is 7.05 Å². The minimum absolute atomic E-state index is 0.00609. The molecule has 0 aliphatic carbocycles. The Morgan fingerprint density at radius 3 is 2.67 bits per heavy atom. The van der Waals surface area contributed by atoms with Crippen LogP contribution in [0.1, 0.15) is 13.3 Å². The molecule has 2 atom stereocenters. The molecule has 88 valence electrons. The quantitative estimate of drug-likeness (QED) is 0.696. The number of ether oxygens (including phenoxy) is 1. The molecule has 2 unspecified atom stereocenters. The van der Waals surface area contributed by atoms with Crippen LogP contribution in [0, 0.1) is 0 Å². The third kappa shape index (κ3) is 3.10. The second kappa shape index (κ2) is 4.73. The van der Waals surface area contributed by atoms with Gasteiger partial charge in [0, 0.05) is 13.7 Å². The van der Waals surface area contributed by atoms with Crippen molar-refractivity contribution in [2.45, 2.75) is 25.5 Å². The summed E-state index contributed by atoms with van der Waals surface area (Å²) in [6.07, 6.45) is 0.643. The Balaban J connectivity index is 2.74. The fourth-order valence-corrected chi connectivity index (χ4v) is 3.39. The van der Waals surface area contributed by atoms with Crippen LogP contribution >= 0.6 is 12.2 Å². The Bertz CT molecular complexity index is 342. The summed E-state index contributed by atoms with van der Waals surface area (Å²) in [4.78, 5) is -0.00609. The van der Waals surface area contributed by atoms with Crippen molar-refractivity contribution in [2.75, 3.05) is 19.4 Å². The van der Waals surface area contributed by atoms with Crippen molar-refractivity contribution in [3.05, 3.63) is 0 Å². The number of rotatable bonds is 4. The van der Waals surface area contributed by atoms with Gasteiger partial charge < -0.3 is 10.5 Å². The summed E-state index contributed by atoms with van der Waals surface area (Å²) in [5, 5.41) is 0. The number of likely N-dealkylation sites (N-methyl/N-ethyl adjacent to an activating group) is 1. The van der Waals surface area contributed by atoms with Crippen molar-refractivity contribution < 1.29 is 13.2 Å². The van der Waals surface area contributed by atoms with E-state index in [-0.39, 0.29) is 22.9 Å². The molecule has 1 aliphatic heterocycles. The number of thiocarbonyl (C=S) groups is 1. The van der Waals surface area contributed by atoms with Crippen LogP contribution in [0.25, 0.3) is 0 Å². The molecule has 1 fully saturated rings. The van der Waals surface area contributed by atoms with Crippen molar-refractivity contribution in [1.29, 1.82) is 0 Å². The third-order valence-corrected chi connectivity index (χ3v) is 4.72. The van der Waals surface area contributed by atoms with Crippen molar-refractivity contribution >= 4 is 27.2 Å². The Labute approximate surface area is 95.6 Å². The van der Waals surface area contributed by atoms with Crippen molar-refractivity contribution in [1.82, 2.24) is 4.31 Å². The average molecular weight is 252 g/mol. The van der Waals surface area contributed by atoms with Crippen molar-refractivity contribution in [3.63, 3.8) is 0 Å². The van der Waals surface area contributed by atoms with Gasteiger partial charge >= 0.3 is 0 Å². The minimum atomic E-state index is -3.39. The zero-order chi connectivity index (χ0) is 11.6. The van der Waals surface area contributed by atoms with Crippen LogP contribution < -0.4 is 5.73 Å². The van der Waals surface area contributed by atoms with Gasteiger partial charge in [-0.15, -0.1) is 0 Å². The Hall–Kier alpha value is -0.240. The van der Waals surface area contributed by atoms with Gasteiger partial charge in [0.15, 0.2) is 0 Å². The Kier molecular flexibility index (Phi) is 4.05. The molecule has 1 saturated heterocycles. The first kappa shape index (κ1) is 12.8. The van der Waals surface area contributed by atoms with Gasteiger partial charge in [0.25, 0.3) is 0 Å². The highest BCUT2D eigenvalue weighted by atomic mass is 32.2. The number of hydrogen-bond donors (Lipinski definition) is 1. The maximum absolute atomic E-state index is 11.8. The molecule has 0 aromatic carbocycles. The summed E-state index contributed by atoms with van der Waals surface area (Å²) in [5.41, 5.74) is 5.24. The van der Waals surface area contributed by atoms with Crippen LogP contribution in [0.5, 0.6) is 0 Å². The lowest BCUT2D eigenvalue weighted by atomic mass is 10.2. The lowest BCUT2D eigenvalue weighted by Gasteiger charge is -2.25. The molecule has 7 heteroatoms. The van der Waals surface area contributed by atoms with E-state index in [4.69, 9.17) is 10.5 Å². The monoisotopic (exact) mass is 252 g/mol. The first-order valence-corrected chi connectivity index (χ1v) is 6.72. The first-order valence-electron chi connectivity index (χ1n) is 4.70. The Morgan fingerprint density at radius 2 is 2.27 bits per heavy atom. The third-order valence-electron chi connectivity index (χ3n) is 2.57. The zero-order valence-electron chi connectivity index (χ0n) is 8.84. The van der Waals surface area contributed by atoms with Gasteiger partial charge in [-0.2, -0.15) is 4.31 Å². The molecule has 0 bridgehead atoms. The first-order chi connectivity index (χ1) is 6.84. The number of nitrogens with zero attached hydrogens (tertiary/aromatic N) is 1. The van der Waals surface area contributed by atoms with Crippen LogP contribution in [0.2, 0.25) is 0 Å². The van der Waals surface area contributed by atoms with Crippen molar-refractivity contribution in [2.24, 2.45) is 5.73 Å². The number of nitrogens with two attached hydrogens (primary N) is 1. The lowest BCUT2D eigenvalue weighted by molar-refractivity contribution is 0.102. The Morgan fingerprint density at radius 1 is 1.67 bits per heavy atom. The molecule has 0 aromatic heterocycles. The molecule has 5 nitrogen and oxygen atoms in total. The van der Waals surface area contributed by atoms with E-state index >= 15 is 0 Å². The normalized spacial score (nSPS) is 27.1. The van der Waals surface area contributed by atoms with Crippen LogP contribution in [0.4, 0.5) is 0 Å². The molecule has 0 spiro atoms. The predicted octanol–water partition coefficient (Wildman–Crippen LogP) is -0.288. The number of hydrogen-bond acceptors (Lipinski definition) is 4. The fourth-order valence-electron chi connectivity index (χ4n) is 1.69. The summed E-state index contributed by atoms with van der Waals surface area (Å²) in [6, 6.07) is -0.107. The highest BCUT2D eigenvalue weighted by Crippen LogP contribution is 2.20. The maximum atomic E-state index is 11.8. The van der Waals surface area contributed by atoms with Crippen LogP contribution in [0.15, 0.2) is 0 Å². The molecular formula is C8H16N2O3S2. The number of sulfonamides is 1. The molecule has 2 N–H and O–H groups in total. The topological polar surface area (TPSA) is 72.6 Å². The van der Waals surface area contributed by atoms with Gasteiger partial charge in [0.05, 0.1) is 17.1 Å². The van der Waals surface area contributed by atoms with E-state index in [0.29, 0.717) is 13.0 Å². The standard InChI is InChI=1S/C8H16N2O3S2/c1-6-7(3-4-13-6)10(2)15(11,12)5-8(9)14/h6-7H,3-5H2,1-2H3,(H2,9,14). The molecule has 1 aliphatic rings. The molecule has 1 heterocycles. The molecule has 15 heavy (non-hydrogen) atoms. The van der Waals surface area contributed by atoms with Gasteiger partial charge in [-0.05, 0) is 13.3 Å². The highest BCUT2D eigenvalue weighted by molar-refractivity contribution is 7.92. The molecule has 1 rings (SSSR count). The minimum Gasteiger partial charge on any atom is -0.392 e. The van der Waals surface area contributed by atoms with Gasteiger partial charge in [0.2, 0.25) is 10.0 Å². The summed E-state index contributed by atoms with van der Waals surface area (Å²) < 4.78 is 30.2. The second-order valence-corrected chi connectivity index (χ2v) is 6.22. The molecule has 0 radical (unpaired) electrons. The smallest absolute Gasteiger partial charge is 0.220 e. The van der Waals surface area contributed by atoms with Gasteiger partial charge in [0.1, 0.15) is 5.75 Å². The molecular weight excluding hydrogens is 236 g/mol. The van der Waals surface area contributed by atoms with E-state index in [1.807, 2.05) is 6.92 Å². The maximum Gasteiger partial charge on any atom is 0.220 e. The second-order valence-electron chi connectivity index (χ2n) is 3.67. The summed E-state index contributed by atoms with van der Waals surface area (Å²) >= 11 is 4.61. The van der Waals surface area contributed by atoms with Gasteiger partial charge in [-0.25, -0.2) is 8.42 Å². The zero-order valence-corrected chi connectivity index (χ0v) is 10.5. The van der Waals surface area contributed by atoms with E-state index in [2.05, 4.69) is 12.2 Å². The molecule has 0 amide bonds. The van der Waals surface area contributed by atoms with E-state index in [1.165, 1.54) is 4.31 Å². The van der Waals surface area contributed by atoms with Gasteiger partial charge in [-0.3, -0.25) is 0 Å². The molecule has 0 saturated carbocycles. The molecule has 0 aromatic rings. The predicted molar refractivity (Wildman–Crippen MR) is 62.2 cm³/mol. The van der Waals surface area contributed by atoms with Crippen LogP contribution in [0.3, 0.4) is 0 Å².